The maximum Gasteiger partial charge on any atom is 0.408 e. The number of ether oxygens (including phenoxy) is 2. The van der Waals surface area contributed by atoms with Crippen LogP contribution >= 0.6 is 0 Å². The Morgan fingerprint density at radius 3 is 1.95 bits per heavy atom. The molecule has 1 aliphatic rings. The van der Waals surface area contributed by atoms with Crippen LogP contribution in [0.25, 0.3) is 11.1 Å². The minimum Gasteiger partial charge on any atom is -0.480 e. The molecule has 1 amide bonds. The van der Waals surface area contributed by atoms with Crippen LogP contribution in [0.4, 0.5) is 4.79 Å². The summed E-state index contributed by atoms with van der Waals surface area (Å²) < 4.78 is 11.3. The number of carbonyl (C=O) groups is 3. The van der Waals surface area contributed by atoms with Gasteiger partial charge in [0.2, 0.25) is 0 Å². The molecular weight excluding hydrogens is 484 g/mol. The summed E-state index contributed by atoms with van der Waals surface area (Å²) in [5, 5.41) is 12.2. The van der Waals surface area contributed by atoms with Gasteiger partial charge in [-0.3, -0.25) is 10.5 Å². The lowest BCUT2D eigenvalue weighted by Crippen LogP contribution is -2.47. The normalized spacial score (nSPS) is 15.9. The highest BCUT2D eigenvalue weighted by Crippen LogP contribution is 2.51. The maximum atomic E-state index is 13.2. The number of carboxylic acids is 1. The predicted molar refractivity (Wildman–Crippen MR) is 145 cm³/mol. The molecule has 0 fully saturated rings. The number of amides is 1. The minimum absolute atomic E-state index is 0.151. The van der Waals surface area contributed by atoms with Gasteiger partial charge < -0.3 is 19.9 Å². The van der Waals surface area contributed by atoms with Crippen molar-refractivity contribution in [2.75, 3.05) is 0 Å². The predicted octanol–water partition coefficient (Wildman–Crippen LogP) is 5.58. The molecule has 4 N–H and O–H groups in total. The van der Waals surface area contributed by atoms with Crippen molar-refractivity contribution in [3.63, 3.8) is 0 Å². The van der Waals surface area contributed by atoms with Gasteiger partial charge in [-0.1, -0.05) is 76.2 Å². The average molecular weight is 525 g/mol. The van der Waals surface area contributed by atoms with Crippen LogP contribution < -0.4 is 11.1 Å². The van der Waals surface area contributed by atoms with Gasteiger partial charge in [0.1, 0.15) is 12.1 Å². The number of esters is 1. The first kappa shape index (κ1) is 29.2. The lowest BCUT2D eigenvalue weighted by Gasteiger charge is -2.40. The zero-order chi connectivity index (χ0) is 28.1. The summed E-state index contributed by atoms with van der Waals surface area (Å²) in [6, 6.07) is 14.9. The molecule has 0 aromatic heterocycles. The van der Waals surface area contributed by atoms with E-state index in [4.69, 9.17) is 15.2 Å². The number of hydrogen-bond acceptors (Lipinski definition) is 6. The van der Waals surface area contributed by atoms with Crippen molar-refractivity contribution in [2.24, 2.45) is 11.1 Å². The number of benzene rings is 2. The van der Waals surface area contributed by atoms with Gasteiger partial charge in [-0.2, -0.15) is 0 Å². The number of fused-ring (bicyclic) bond motifs is 3. The molecule has 0 spiro atoms. The molecule has 3 atom stereocenters. The average Bonchev–Trinajstić information content (AvgIpc) is 3.23. The summed E-state index contributed by atoms with van der Waals surface area (Å²) in [5.74, 6) is -2.09. The summed E-state index contributed by atoms with van der Waals surface area (Å²) in [5.41, 5.74) is 8.74. The van der Waals surface area contributed by atoms with Crippen molar-refractivity contribution >= 4 is 18.0 Å². The van der Waals surface area contributed by atoms with Gasteiger partial charge >= 0.3 is 18.0 Å². The Kier molecular flexibility index (Phi) is 9.20. The van der Waals surface area contributed by atoms with Gasteiger partial charge in [0.15, 0.2) is 5.72 Å². The zero-order valence-corrected chi connectivity index (χ0v) is 23.0. The van der Waals surface area contributed by atoms with Crippen molar-refractivity contribution in [1.82, 2.24) is 5.32 Å². The smallest absolute Gasteiger partial charge is 0.408 e. The zero-order valence-electron chi connectivity index (χ0n) is 23.0. The maximum absolute atomic E-state index is 13.2. The molecule has 8 heteroatoms. The summed E-state index contributed by atoms with van der Waals surface area (Å²) in [6.45, 7) is 9.59. The first-order valence-corrected chi connectivity index (χ1v) is 13.3. The van der Waals surface area contributed by atoms with Gasteiger partial charge in [-0.25, -0.2) is 9.59 Å². The van der Waals surface area contributed by atoms with E-state index < -0.39 is 35.9 Å². The summed E-state index contributed by atoms with van der Waals surface area (Å²) in [4.78, 5) is 37.3. The van der Waals surface area contributed by atoms with Crippen molar-refractivity contribution < 1.29 is 29.0 Å². The fourth-order valence-electron chi connectivity index (χ4n) is 4.98. The minimum atomic E-state index is -1.32. The molecule has 2 aromatic rings. The molecule has 0 saturated heterocycles. The van der Waals surface area contributed by atoms with Crippen molar-refractivity contribution in [3.05, 3.63) is 59.7 Å². The molecule has 206 valence electrons. The molecule has 0 heterocycles. The molecule has 0 radical (unpaired) electrons. The number of carboxylic acid groups (broad SMARTS) is 1. The van der Waals surface area contributed by atoms with E-state index in [9.17, 15) is 19.5 Å². The highest BCUT2D eigenvalue weighted by molar-refractivity contribution is 5.82. The lowest BCUT2D eigenvalue weighted by atomic mass is 9.71. The van der Waals surface area contributed by atoms with Crippen LogP contribution in [0.1, 0.15) is 83.8 Å². The van der Waals surface area contributed by atoms with Crippen LogP contribution in [0.3, 0.4) is 0 Å². The number of hydrogen-bond donors (Lipinski definition) is 3. The van der Waals surface area contributed by atoms with Crippen molar-refractivity contribution in [2.45, 2.75) is 90.5 Å². The van der Waals surface area contributed by atoms with E-state index in [1.165, 1.54) is 0 Å². The quantitative estimate of drug-likeness (QED) is 0.244. The molecule has 8 nitrogen and oxygen atoms in total. The molecule has 0 aliphatic heterocycles. The standard InChI is InChI=1S/C30H40N2O6/c1-6-29(4,7-2)26(25-21-15-11-9-13-19(21)20-14-10-12-16-22(20)25)37-28(36)32-23(27(34)35)17-18-24(33)38-30(5,31)8-3/h9-16,23,25-26H,6-8,17-18,31H2,1-5H3,(H,32,36)(H,34,35). The molecule has 0 bridgehead atoms. The molecule has 38 heavy (non-hydrogen) atoms. The Morgan fingerprint density at radius 1 is 0.947 bits per heavy atom. The summed E-state index contributed by atoms with van der Waals surface area (Å²) >= 11 is 0. The van der Waals surface area contributed by atoms with E-state index in [1.54, 1.807) is 13.8 Å². The molecule has 0 saturated carbocycles. The van der Waals surface area contributed by atoms with Crippen LogP contribution in [-0.4, -0.2) is 41.0 Å². The molecule has 3 rings (SSSR count). The van der Waals surface area contributed by atoms with E-state index in [0.717, 1.165) is 35.1 Å². The monoisotopic (exact) mass is 524 g/mol. The Labute approximate surface area is 224 Å². The fraction of sp³-hybridized carbons (Fsp3) is 0.500. The number of nitrogens with two attached hydrogens (primary N) is 1. The molecule has 2 aromatic carbocycles. The van der Waals surface area contributed by atoms with E-state index in [0.29, 0.717) is 6.42 Å². The Hall–Kier alpha value is -3.39. The Bertz CT molecular complexity index is 1110. The van der Waals surface area contributed by atoms with Gasteiger partial charge in [-0.05, 0) is 54.9 Å². The van der Waals surface area contributed by atoms with E-state index in [2.05, 4.69) is 50.4 Å². The van der Waals surface area contributed by atoms with Crippen LogP contribution in [0.15, 0.2) is 48.5 Å². The van der Waals surface area contributed by atoms with Gasteiger partial charge in [-0.15, -0.1) is 0 Å². The van der Waals surface area contributed by atoms with E-state index >= 15 is 0 Å². The first-order chi connectivity index (χ1) is 18.0. The number of rotatable bonds is 12. The molecule has 1 aliphatic carbocycles. The van der Waals surface area contributed by atoms with Crippen molar-refractivity contribution in [1.29, 1.82) is 0 Å². The van der Waals surface area contributed by atoms with Crippen LogP contribution in [0.5, 0.6) is 0 Å². The fourth-order valence-corrected chi connectivity index (χ4v) is 4.98. The Morgan fingerprint density at radius 2 is 1.47 bits per heavy atom. The molecule has 3 unspecified atom stereocenters. The third-order valence-electron chi connectivity index (χ3n) is 8.00. The third kappa shape index (κ3) is 6.35. The van der Waals surface area contributed by atoms with Crippen LogP contribution in [0, 0.1) is 5.41 Å². The van der Waals surface area contributed by atoms with Gasteiger partial charge in [0, 0.05) is 17.8 Å². The highest BCUT2D eigenvalue weighted by Gasteiger charge is 2.45. The lowest BCUT2D eigenvalue weighted by molar-refractivity contribution is -0.158. The number of carbonyl (C=O) groups excluding carboxylic acids is 2. The summed E-state index contributed by atoms with van der Waals surface area (Å²) in [6.07, 6.45) is 0.179. The SMILES string of the molecule is CCC(C)(N)OC(=O)CCC(NC(=O)OC(C1c2ccccc2-c2ccccc21)C(C)(CC)CC)C(=O)O. The number of nitrogens with one attached hydrogen (secondary N) is 1. The highest BCUT2D eigenvalue weighted by atomic mass is 16.6. The molecular formula is C30H40N2O6. The largest absolute Gasteiger partial charge is 0.480 e. The van der Waals surface area contributed by atoms with E-state index in [-0.39, 0.29) is 24.2 Å². The summed E-state index contributed by atoms with van der Waals surface area (Å²) in [7, 11) is 0. The second-order valence-corrected chi connectivity index (χ2v) is 10.6. The number of aliphatic carboxylic acids is 1. The van der Waals surface area contributed by atoms with Gasteiger partial charge in [0.25, 0.3) is 0 Å². The Balaban J connectivity index is 1.84. The second kappa shape index (κ2) is 12.0. The van der Waals surface area contributed by atoms with Gasteiger partial charge in [0.05, 0.1) is 0 Å². The van der Waals surface area contributed by atoms with Crippen molar-refractivity contribution in [3.8, 4) is 11.1 Å². The number of alkyl carbamates (subject to hydrolysis) is 1. The third-order valence-corrected chi connectivity index (χ3v) is 8.00. The van der Waals surface area contributed by atoms with E-state index in [1.807, 2.05) is 24.3 Å². The van der Waals surface area contributed by atoms with Crippen LogP contribution in [-0.2, 0) is 19.1 Å². The topological polar surface area (TPSA) is 128 Å². The first-order valence-electron chi connectivity index (χ1n) is 13.3. The second-order valence-electron chi connectivity index (χ2n) is 10.6. The van der Waals surface area contributed by atoms with Crippen LogP contribution in [0.2, 0.25) is 0 Å².